The minimum absolute atomic E-state index is 0.0866. The van der Waals surface area contributed by atoms with Gasteiger partial charge >= 0.3 is 0 Å². The molecule has 1 aromatic heterocycles. The van der Waals surface area contributed by atoms with E-state index in [-0.39, 0.29) is 11.9 Å². The third kappa shape index (κ3) is 3.23. The summed E-state index contributed by atoms with van der Waals surface area (Å²) in [5.74, 6) is 1.32. The molecule has 1 aliphatic heterocycles. The van der Waals surface area contributed by atoms with Crippen LogP contribution in [-0.2, 0) is 0 Å². The van der Waals surface area contributed by atoms with Crippen LogP contribution in [0.3, 0.4) is 0 Å². The van der Waals surface area contributed by atoms with Crippen molar-refractivity contribution in [2.75, 3.05) is 37.0 Å². The lowest BCUT2D eigenvalue weighted by atomic mass is 10.4. The van der Waals surface area contributed by atoms with Crippen LogP contribution >= 0.6 is 11.8 Å². The SMILES string of the molecule is CNc1nc(SC(C)CO)nc(N2CCCC2)n1. The van der Waals surface area contributed by atoms with E-state index in [1.807, 2.05) is 6.92 Å². The Morgan fingerprint density at radius 2 is 2.06 bits per heavy atom. The highest BCUT2D eigenvalue weighted by Gasteiger charge is 2.18. The Kier molecular flexibility index (Phi) is 4.60. The van der Waals surface area contributed by atoms with E-state index in [2.05, 4.69) is 25.2 Å². The maximum atomic E-state index is 9.09. The number of aromatic nitrogens is 3. The summed E-state index contributed by atoms with van der Waals surface area (Å²) >= 11 is 1.47. The molecule has 0 aliphatic carbocycles. The molecule has 1 unspecified atom stereocenters. The van der Waals surface area contributed by atoms with Crippen molar-refractivity contribution in [1.29, 1.82) is 0 Å². The Labute approximate surface area is 111 Å². The van der Waals surface area contributed by atoms with Crippen LogP contribution in [0.4, 0.5) is 11.9 Å². The second-order valence-corrected chi connectivity index (χ2v) is 5.70. The topological polar surface area (TPSA) is 74.2 Å². The molecule has 18 heavy (non-hydrogen) atoms. The number of anilines is 2. The third-order valence-corrected chi connectivity index (χ3v) is 3.72. The smallest absolute Gasteiger partial charge is 0.231 e. The lowest BCUT2D eigenvalue weighted by Crippen LogP contribution is -2.21. The maximum Gasteiger partial charge on any atom is 0.231 e. The molecule has 7 heteroatoms. The minimum Gasteiger partial charge on any atom is -0.395 e. The zero-order valence-corrected chi connectivity index (χ0v) is 11.6. The fourth-order valence-electron chi connectivity index (χ4n) is 1.79. The van der Waals surface area contributed by atoms with Gasteiger partial charge in [-0.05, 0) is 12.8 Å². The Balaban J connectivity index is 2.20. The Bertz CT molecular complexity index is 397. The molecule has 0 spiro atoms. The molecular formula is C11H19N5OS. The van der Waals surface area contributed by atoms with Gasteiger partial charge in [0, 0.05) is 25.4 Å². The van der Waals surface area contributed by atoms with E-state index in [1.54, 1.807) is 7.05 Å². The minimum atomic E-state index is 0.0866. The van der Waals surface area contributed by atoms with Gasteiger partial charge in [-0.15, -0.1) is 0 Å². The van der Waals surface area contributed by atoms with Gasteiger partial charge in [-0.2, -0.15) is 15.0 Å². The van der Waals surface area contributed by atoms with Gasteiger partial charge in [0.2, 0.25) is 11.9 Å². The third-order valence-electron chi connectivity index (χ3n) is 2.78. The number of thioether (sulfide) groups is 1. The van der Waals surface area contributed by atoms with Crippen molar-refractivity contribution >= 4 is 23.7 Å². The van der Waals surface area contributed by atoms with Crippen LogP contribution < -0.4 is 10.2 Å². The molecule has 100 valence electrons. The van der Waals surface area contributed by atoms with Crippen LogP contribution in [0, 0.1) is 0 Å². The predicted octanol–water partition coefficient (Wildman–Crippen LogP) is 0.986. The zero-order valence-electron chi connectivity index (χ0n) is 10.8. The zero-order chi connectivity index (χ0) is 13.0. The molecule has 6 nitrogen and oxygen atoms in total. The van der Waals surface area contributed by atoms with Crippen molar-refractivity contribution in [2.45, 2.75) is 30.2 Å². The van der Waals surface area contributed by atoms with Crippen LogP contribution in [-0.4, -0.2) is 52.1 Å². The van der Waals surface area contributed by atoms with E-state index in [4.69, 9.17) is 5.11 Å². The number of hydrogen-bond acceptors (Lipinski definition) is 7. The number of nitrogens with zero attached hydrogens (tertiary/aromatic N) is 4. The molecule has 0 aromatic carbocycles. The summed E-state index contributed by atoms with van der Waals surface area (Å²) in [6.07, 6.45) is 2.38. The van der Waals surface area contributed by atoms with Crippen molar-refractivity contribution in [1.82, 2.24) is 15.0 Å². The number of aliphatic hydroxyl groups excluding tert-OH is 1. The standard InChI is InChI=1S/C11H19N5OS/c1-8(7-17)18-11-14-9(12-2)13-10(15-11)16-5-3-4-6-16/h8,17H,3-7H2,1-2H3,(H,12,13,14,15). The Morgan fingerprint density at radius 1 is 1.33 bits per heavy atom. The average molecular weight is 269 g/mol. The van der Waals surface area contributed by atoms with Gasteiger partial charge in [0.05, 0.1) is 6.61 Å². The molecule has 2 heterocycles. The fraction of sp³-hybridized carbons (Fsp3) is 0.727. The molecular weight excluding hydrogens is 250 g/mol. The maximum absolute atomic E-state index is 9.09. The van der Waals surface area contributed by atoms with E-state index in [9.17, 15) is 0 Å². The second-order valence-electron chi connectivity index (χ2n) is 4.30. The molecule has 1 aromatic rings. The molecule has 1 saturated heterocycles. The predicted molar refractivity (Wildman–Crippen MR) is 73.2 cm³/mol. The normalized spacial score (nSPS) is 16.9. The number of aliphatic hydroxyl groups is 1. The molecule has 2 rings (SSSR count). The lowest BCUT2D eigenvalue weighted by molar-refractivity contribution is 0.300. The Morgan fingerprint density at radius 3 is 2.67 bits per heavy atom. The van der Waals surface area contributed by atoms with Crippen LogP contribution in [0.5, 0.6) is 0 Å². The van der Waals surface area contributed by atoms with E-state index in [1.165, 1.54) is 24.6 Å². The first kappa shape index (κ1) is 13.4. The first-order chi connectivity index (χ1) is 8.72. The molecule has 1 fully saturated rings. The van der Waals surface area contributed by atoms with Gasteiger partial charge in [0.15, 0.2) is 5.16 Å². The van der Waals surface area contributed by atoms with Gasteiger partial charge in [-0.25, -0.2) is 0 Å². The molecule has 0 saturated carbocycles. The summed E-state index contributed by atoms with van der Waals surface area (Å²) in [4.78, 5) is 15.3. The Hall–Kier alpha value is -1.08. The van der Waals surface area contributed by atoms with Gasteiger partial charge in [0.25, 0.3) is 0 Å². The highest BCUT2D eigenvalue weighted by molar-refractivity contribution is 7.99. The number of nitrogens with one attached hydrogen (secondary N) is 1. The fourth-order valence-corrected chi connectivity index (χ4v) is 2.49. The van der Waals surface area contributed by atoms with E-state index in [0.29, 0.717) is 11.1 Å². The van der Waals surface area contributed by atoms with Crippen LogP contribution in [0.15, 0.2) is 5.16 Å². The van der Waals surface area contributed by atoms with Crippen LogP contribution in [0.2, 0.25) is 0 Å². The van der Waals surface area contributed by atoms with Gasteiger partial charge < -0.3 is 15.3 Å². The summed E-state index contributed by atoms with van der Waals surface area (Å²) in [7, 11) is 1.80. The van der Waals surface area contributed by atoms with Crippen molar-refractivity contribution in [2.24, 2.45) is 0 Å². The van der Waals surface area contributed by atoms with Crippen LogP contribution in [0.1, 0.15) is 19.8 Å². The summed E-state index contributed by atoms with van der Waals surface area (Å²) in [6.45, 7) is 4.08. The summed E-state index contributed by atoms with van der Waals surface area (Å²) in [5.41, 5.74) is 0. The van der Waals surface area contributed by atoms with Gasteiger partial charge in [0.1, 0.15) is 0 Å². The van der Waals surface area contributed by atoms with Gasteiger partial charge in [-0.3, -0.25) is 0 Å². The molecule has 2 N–H and O–H groups in total. The van der Waals surface area contributed by atoms with E-state index >= 15 is 0 Å². The van der Waals surface area contributed by atoms with Crippen LogP contribution in [0.25, 0.3) is 0 Å². The molecule has 0 amide bonds. The van der Waals surface area contributed by atoms with E-state index in [0.717, 1.165) is 19.0 Å². The highest BCUT2D eigenvalue weighted by Crippen LogP contribution is 2.23. The van der Waals surface area contributed by atoms with Crippen molar-refractivity contribution < 1.29 is 5.11 Å². The van der Waals surface area contributed by atoms with Crippen molar-refractivity contribution in [3.05, 3.63) is 0 Å². The largest absolute Gasteiger partial charge is 0.395 e. The van der Waals surface area contributed by atoms with E-state index < -0.39 is 0 Å². The monoisotopic (exact) mass is 269 g/mol. The molecule has 0 radical (unpaired) electrons. The van der Waals surface area contributed by atoms with Crippen molar-refractivity contribution in [3.8, 4) is 0 Å². The second kappa shape index (κ2) is 6.19. The summed E-state index contributed by atoms with van der Waals surface area (Å²) in [5, 5.41) is 12.8. The molecule has 1 aliphatic rings. The first-order valence-corrected chi connectivity index (χ1v) is 7.07. The summed E-state index contributed by atoms with van der Waals surface area (Å²) in [6, 6.07) is 0. The average Bonchev–Trinajstić information content (AvgIpc) is 2.92. The molecule has 1 atom stereocenters. The number of rotatable bonds is 5. The lowest BCUT2D eigenvalue weighted by Gasteiger charge is -2.16. The quantitative estimate of drug-likeness (QED) is 0.772. The number of hydrogen-bond donors (Lipinski definition) is 2. The van der Waals surface area contributed by atoms with Crippen molar-refractivity contribution in [3.63, 3.8) is 0 Å². The van der Waals surface area contributed by atoms with Gasteiger partial charge in [-0.1, -0.05) is 18.7 Å². The summed E-state index contributed by atoms with van der Waals surface area (Å²) < 4.78 is 0. The first-order valence-electron chi connectivity index (χ1n) is 6.19. The molecule has 0 bridgehead atoms. The highest BCUT2D eigenvalue weighted by atomic mass is 32.2.